The van der Waals surface area contributed by atoms with E-state index in [0.717, 1.165) is 99.1 Å². The third kappa shape index (κ3) is 32.2. The Hall–Kier alpha value is -4.77. The van der Waals surface area contributed by atoms with E-state index in [-0.39, 0.29) is 148 Å². The smallest absolute Gasteiger partial charge is 0.870 e. The molecule has 4 aromatic rings. The van der Waals surface area contributed by atoms with E-state index < -0.39 is 5.92 Å². The Morgan fingerprint density at radius 1 is 0.495 bits per heavy atom. The molecule has 19 heteroatoms. The molecular weight excluding hydrogens is 1300 g/mol. The summed E-state index contributed by atoms with van der Waals surface area (Å²) >= 11 is 6.98. The third-order valence-corrected chi connectivity index (χ3v) is 22.1. The van der Waals surface area contributed by atoms with Crippen molar-refractivity contribution in [2.75, 3.05) is 23.9 Å². The van der Waals surface area contributed by atoms with E-state index in [1.54, 1.807) is 6.92 Å². The van der Waals surface area contributed by atoms with Crippen LogP contribution >= 0.6 is 36.2 Å². The zero-order chi connectivity index (χ0) is 70.4. The topological polar surface area (TPSA) is 276 Å². The van der Waals surface area contributed by atoms with Gasteiger partial charge in [-0.3, -0.25) is 47.9 Å². The monoisotopic (exact) mass is 1420 g/mol. The van der Waals surface area contributed by atoms with E-state index in [0.29, 0.717) is 98.0 Å². The van der Waals surface area contributed by atoms with Gasteiger partial charge in [0.2, 0.25) is 11.8 Å². The molecule has 4 fully saturated rings. The number of aliphatic hydroxyl groups excluding tert-OH is 1. The average Bonchev–Trinajstić information content (AvgIpc) is 1.55. The second-order valence-corrected chi connectivity index (χ2v) is 32.0. The molecule has 0 heterocycles. The van der Waals surface area contributed by atoms with Gasteiger partial charge in [0.1, 0.15) is 34.7 Å². The molecule has 4 aliphatic rings. The van der Waals surface area contributed by atoms with Crippen LogP contribution in [-0.4, -0.2) is 109 Å². The summed E-state index contributed by atoms with van der Waals surface area (Å²) in [5, 5.41) is 19.9. The normalized spacial score (nSPS) is 19.6. The fourth-order valence-corrected chi connectivity index (χ4v) is 15.8. The Kier molecular flexibility index (Phi) is 43.3. The molecule has 4 aromatic carbocycles. The first-order chi connectivity index (χ1) is 45.7. The zero-order valence-electron chi connectivity index (χ0n) is 61.3. The van der Waals surface area contributed by atoms with Gasteiger partial charge in [0.05, 0.1) is 0 Å². The van der Waals surface area contributed by atoms with E-state index in [1.807, 2.05) is 57.2 Å². The number of aliphatic hydroxyl groups is 1. The number of hydrogen-bond acceptors (Lipinski definition) is 15. The molecule has 4 saturated carbocycles. The van der Waals surface area contributed by atoms with Gasteiger partial charge in [0, 0.05) is 136 Å². The first kappa shape index (κ1) is 90.3. The number of thioether (sulfide) groups is 2. The van der Waals surface area contributed by atoms with E-state index in [4.69, 9.17) is 5.11 Å². The minimum Gasteiger partial charge on any atom is -0.870 e. The number of thiol groups is 1. The van der Waals surface area contributed by atoms with Crippen LogP contribution in [0.2, 0.25) is 0 Å². The van der Waals surface area contributed by atoms with Crippen molar-refractivity contribution in [1.82, 2.24) is 10.6 Å². The standard InChI is InChI=1S/C31H41NO4S.C29H39NO3S.C11H18O2S.C9H16O2.Li.2H2O/c1-20(2)15-26(31(36)32-27(19-37-22(4)33)17-25-12-8-14-29(25)34)18-30(35)21(3)16-24-11-7-10-23-9-5-6-13-28(23)24;1-19(2)14-24(29(33)30-25(18-34)16-23-11-7-13-27(23)31)17-28(32)20(3)15-22-10-6-9-21-8-4-5-12-26(21)22;1-8(7-14-9(2)12)6-10-4-3-5-11(10)13;1-7(6-10)5-8-3-2-4-9(8)11;;;/h5-7,9-11,13,20-21,25-27H,8,12,14-19H2,1-4H3,(H,32,36);4-6,8-10,12,19-20,23-25,34H,7,11,13-18H2,1-3H3,(H,30,33);8,10H,3-7H2,1-2H3;7-8,10H,2-6H2,1H3;;2*1H2/q;;;;+1;;/p-1/t21-,25-,26+,27-;20-,23-,24+,25-;8-,10-;7-,8-;;;/m0000.../s1. The molecule has 15 nitrogen and oxygen atoms in total. The maximum absolute atomic E-state index is 13.4. The number of carbonyl (C=O) groups is 10. The van der Waals surface area contributed by atoms with Crippen LogP contribution in [0.15, 0.2) is 84.9 Å². The van der Waals surface area contributed by atoms with Crippen LogP contribution in [0.3, 0.4) is 0 Å². The summed E-state index contributed by atoms with van der Waals surface area (Å²) < 4.78 is 0. The number of amides is 2. The summed E-state index contributed by atoms with van der Waals surface area (Å²) in [6.07, 6.45) is 16.7. The molecule has 6 N–H and O–H groups in total. The van der Waals surface area contributed by atoms with Gasteiger partial charge < -0.3 is 26.7 Å². The number of nitrogens with one attached hydrogen (secondary N) is 2. The van der Waals surface area contributed by atoms with Gasteiger partial charge in [-0.05, 0) is 159 Å². The van der Waals surface area contributed by atoms with Crippen molar-refractivity contribution in [3.8, 4) is 0 Å². The molecule has 0 spiro atoms. The maximum Gasteiger partial charge on any atom is 1.00 e. The van der Waals surface area contributed by atoms with Crippen molar-refractivity contribution in [1.29, 1.82) is 0 Å². The van der Waals surface area contributed by atoms with Crippen molar-refractivity contribution in [3.05, 3.63) is 96.1 Å². The summed E-state index contributed by atoms with van der Waals surface area (Å²) in [5.74, 6) is 3.93. The number of carbonyl (C=O) groups excluding carboxylic acids is 10. The molecule has 99 heavy (non-hydrogen) atoms. The summed E-state index contributed by atoms with van der Waals surface area (Å²) in [4.78, 5) is 122. The second kappa shape index (κ2) is 47.5. The maximum atomic E-state index is 13.4. The molecule has 0 saturated heterocycles. The summed E-state index contributed by atoms with van der Waals surface area (Å²) in [7, 11) is 0. The molecule has 8 rings (SSSR count). The fourth-order valence-electron chi connectivity index (χ4n) is 14.2. The van der Waals surface area contributed by atoms with Gasteiger partial charge in [-0.25, -0.2) is 0 Å². The van der Waals surface area contributed by atoms with Crippen molar-refractivity contribution in [2.45, 2.75) is 223 Å². The minimum atomic E-state index is -0.424. The van der Waals surface area contributed by atoms with E-state index >= 15 is 0 Å². The van der Waals surface area contributed by atoms with Crippen LogP contribution in [0.4, 0.5) is 0 Å². The number of rotatable bonds is 32. The SMILES string of the molecule is CC(=O)SC[C@@H](C)C[C@@H]1CCCC1=O.CC(=O)SC[C@H](C[C@@H]1CCCC1=O)NC(=O)[C@@H](CC(=O)[C@@H](C)Cc1cccc2ccccc12)CC(C)C.CC(C)C[C@H](CC(=O)[C@@H](C)Cc1cccc2ccccc12)C(=O)N[C@H](CS)C[C@@H]1CCCC1=O.C[C@H](CO)C[C@@H]1CCCC1=O.O.[Li+].[OH-]. The van der Waals surface area contributed by atoms with Crippen LogP contribution < -0.4 is 29.5 Å². The molecule has 0 radical (unpaired) electrons. The Bertz CT molecular complexity index is 3200. The van der Waals surface area contributed by atoms with Gasteiger partial charge in [-0.2, -0.15) is 12.6 Å². The number of fused-ring (bicyclic) bond motifs is 2. The Morgan fingerprint density at radius 2 is 0.838 bits per heavy atom. The fraction of sp³-hybridized carbons (Fsp3) is 0.625. The van der Waals surface area contributed by atoms with E-state index in [1.165, 1.54) is 46.8 Å². The summed E-state index contributed by atoms with van der Waals surface area (Å²) in [6, 6.07) is 28.4. The van der Waals surface area contributed by atoms with Gasteiger partial charge in [-0.1, -0.05) is 164 Å². The zero-order valence-corrected chi connectivity index (χ0v) is 63.8. The van der Waals surface area contributed by atoms with Crippen LogP contribution in [0.25, 0.3) is 21.5 Å². The Balaban J connectivity index is 0.000000491. The van der Waals surface area contributed by atoms with Gasteiger partial charge in [-0.15, -0.1) is 0 Å². The Morgan fingerprint density at radius 3 is 1.19 bits per heavy atom. The largest absolute Gasteiger partial charge is 1.00 e. The van der Waals surface area contributed by atoms with Crippen molar-refractivity contribution < 1.29 is 82.9 Å². The number of hydrogen-bond donors (Lipinski definition) is 4. The number of Topliss-reactive ketones (excluding diaryl/α,β-unsaturated/α-hetero) is 6. The van der Waals surface area contributed by atoms with Crippen molar-refractivity contribution in [3.63, 3.8) is 0 Å². The Labute approximate surface area is 617 Å². The molecule has 2 amide bonds. The quantitative estimate of drug-likeness (QED) is 0.0261. The predicted molar refractivity (Wildman–Crippen MR) is 402 cm³/mol. The molecule has 12 atom stereocenters. The van der Waals surface area contributed by atoms with Crippen molar-refractivity contribution in [2.24, 2.45) is 71.0 Å². The first-order valence-electron chi connectivity index (χ1n) is 35.9. The summed E-state index contributed by atoms with van der Waals surface area (Å²) in [5.41, 5.74) is 2.31. The second-order valence-electron chi connectivity index (χ2n) is 29.2. The van der Waals surface area contributed by atoms with E-state index in [9.17, 15) is 47.9 Å². The predicted octanol–water partition coefficient (Wildman–Crippen LogP) is 12.0. The third-order valence-electron chi connectivity index (χ3n) is 19.6. The number of benzene rings is 4. The molecule has 544 valence electrons. The van der Waals surface area contributed by atoms with Crippen LogP contribution in [0, 0.1) is 71.0 Å². The molecule has 4 aliphatic carbocycles. The minimum absolute atomic E-state index is 0. The van der Waals surface area contributed by atoms with Gasteiger partial charge >= 0.3 is 18.9 Å². The van der Waals surface area contributed by atoms with Crippen molar-refractivity contribution >= 4 is 114 Å². The average molecular weight is 1420 g/mol. The van der Waals surface area contributed by atoms with Crippen LogP contribution in [0.1, 0.15) is 209 Å². The molecule has 0 aromatic heterocycles. The number of ketones is 6. The first-order valence-corrected chi connectivity index (χ1v) is 38.5. The van der Waals surface area contributed by atoms with Gasteiger partial charge in [0.15, 0.2) is 10.2 Å². The molecule has 0 bridgehead atoms. The molecule has 0 aliphatic heterocycles. The van der Waals surface area contributed by atoms with Crippen LogP contribution in [-0.2, 0) is 60.8 Å². The summed E-state index contributed by atoms with van der Waals surface area (Å²) in [6.45, 7) is 19.6. The van der Waals surface area contributed by atoms with E-state index in [2.05, 4.69) is 106 Å². The molecule has 0 unspecified atom stereocenters. The van der Waals surface area contributed by atoms with Crippen LogP contribution in [0.5, 0.6) is 0 Å². The van der Waals surface area contributed by atoms with Gasteiger partial charge in [0.25, 0.3) is 0 Å². The molecular formula is C80H117LiN2O13S3.